The van der Waals surface area contributed by atoms with Crippen molar-refractivity contribution in [1.29, 1.82) is 0 Å². The Kier molecular flexibility index (Phi) is 4.41. The van der Waals surface area contributed by atoms with Crippen molar-refractivity contribution in [2.75, 3.05) is 13.1 Å². The summed E-state index contributed by atoms with van der Waals surface area (Å²) < 4.78 is 27.5. The van der Waals surface area contributed by atoms with Crippen LogP contribution in [0.5, 0.6) is 0 Å². The maximum Gasteiger partial charge on any atom is 0.244 e. The number of sulfonamides is 1. The van der Waals surface area contributed by atoms with E-state index in [0.717, 1.165) is 22.1 Å². The van der Waals surface area contributed by atoms with E-state index in [1.165, 1.54) is 37.0 Å². The molecule has 0 spiro atoms. The second-order valence-corrected chi connectivity index (χ2v) is 9.54. The lowest BCUT2D eigenvalue weighted by Gasteiger charge is -2.40. The number of rotatable bonds is 3. The third-order valence-electron chi connectivity index (χ3n) is 5.00. The lowest BCUT2D eigenvalue weighted by Crippen LogP contribution is -2.44. The molecular weight excluding hydrogens is 304 g/mol. The first-order valence-corrected chi connectivity index (χ1v) is 10.1. The summed E-state index contributed by atoms with van der Waals surface area (Å²) >= 11 is 1.50. The number of nitrogens with zero attached hydrogens (tertiary/aromatic N) is 1. The van der Waals surface area contributed by atoms with Crippen LogP contribution in [0.15, 0.2) is 11.0 Å². The standard InChI is InChI=1S/C15H24N2O2S2/c1-11-15(8-14(9-16)20-11)21(18,19)17-7-6-12-4-2-3-5-13(12)10-17/h8,12-13H,2-7,9-10,16H2,1H3. The monoisotopic (exact) mass is 328 g/mol. The molecule has 0 radical (unpaired) electrons. The predicted molar refractivity (Wildman–Crippen MR) is 85.8 cm³/mol. The van der Waals surface area contributed by atoms with Crippen molar-refractivity contribution in [3.63, 3.8) is 0 Å². The predicted octanol–water partition coefficient (Wildman–Crippen LogP) is 2.72. The minimum absolute atomic E-state index is 0.408. The van der Waals surface area contributed by atoms with Gasteiger partial charge in [-0.05, 0) is 37.7 Å². The molecule has 1 aromatic rings. The lowest BCUT2D eigenvalue weighted by molar-refractivity contribution is 0.136. The van der Waals surface area contributed by atoms with Gasteiger partial charge in [-0.3, -0.25) is 0 Å². The normalized spacial score (nSPS) is 27.5. The molecule has 21 heavy (non-hydrogen) atoms. The van der Waals surface area contributed by atoms with Gasteiger partial charge in [0.15, 0.2) is 0 Å². The number of hydrogen-bond acceptors (Lipinski definition) is 4. The lowest BCUT2D eigenvalue weighted by atomic mass is 9.76. The van der Waals surface area contributed by atoms with Crippen molar-refractivity contribution < 1.29 is 8.42 Å². The molecule has 1 saturated carbocycles. The average Bonchev–Trinajstić information content (AvgIpc) is 2.88. The molecule has 2 heterocycles. The minimum atomic E-state index is -3.34. The highest BCUT2D eigenvalue weighted by molar-refractivity contribution is 7.89. The molecule has 2 unspecified atom stereocenters. The van der Waals surface area contributed by atoms with Crippen LogP contribution in [0, 0.1) is 18.8 Å². The summed E-state index contributed by atoms with van der Waals surface area (Å²) in [7, 11) is -3.34. The van der Waals surface area contributed by atoms with Gasteiger partial charge in [0, 0.05) is 29.4 Å². The Morgan fingerprint density at radius 3 is 2.67 bits per heavy atom. The van der Waals surface area contributed by atoms with Crippen LogP contribution >= 0.6 is 11.3 Å². The Morgan fingerprint density at radius 1 is 1.29 bits per heavy atom. The van der Waals surface area contributed by atoms with Crippen molar-refractivity contribution in [1.82, 2.24) is 4.31 Å². The van der Waals surface area contributed by atoms with E-state index in [9.17, 15) is 8.42 Å². The smallest absolute Gasteiger partial charge is 0.244 e. The fourth-order valence-electron chi connectivity index (χ4n) is 3.81. The van der Waals surface area contributed by atoms with Crippen LogP contribution in [-0.4, -0.2) is 25.8 Å². The van der Waals surface area contributed by atoms with Crippen LogP contribution in [0.2, 0.25) is 0 Å². The van der Waals surface area contributed by atoms with Crippen molar-refractivity contribution in [2.24, 2.45) is 17.6 Å². The summed E-state index contributed by atoms with van der Waals surface area (Å²) in [5.74, 6) is 1.31. The van der Waals surface area contributed by atoms with E-state index in [1.54, 1.807) is 10.4 Å². The summed E-state index contributed by atoms with van der Waals surface area (Å²) in [5, 5.41) is 0. The number of fused-ring (bicyclic) bond motifs is 1. The minimum Gasteiger partial charge on any atom is -0.326 e. The Hall–Kier alpha value is -0.430. The third-order valence-corrected chi connectivity index (χ3v) is 8.19. The Morgan fingerprint density at radius 2 is 2.00 bits per heavy atom. The molecule has 3 rings (SSSR count). The van der Waals surface area contributed by atoms with Gasteiger partial charge in [-0.1, -0.05) is 19.3 Å². The van der Waals surface area contributed by atoms with Crippen LogP contribution in [0.3, 0.4) is 0 Å². The van der Waals surface area contributed by atoms with Crippen molar-refractivity contribution >= 4 is 21.4 Å². The molecule has 118 valence electrons. The zero-order chi connectivity index (χ0) is 15.0. The molecular formula is C15H24N2O2S2. The fraction of sp³-hybridized carbons (Fsp3) is 0.733. The SMILES string of the molecule is Cc1sc(CN)cc1S(=O)(=O)N1CCC2CCCCC2C1. The molecule has 1 aliphatic carbocycles. The van der Waals surface area contributed by atoms with Crippen molar-refractivity contribution in [2.45, 2.75) is 50.5 Å². The molecule has 0 amide bonds. The molecule has 2 fully saturated rings. The Balaban J connectivity index is 1.83. The van der Waals surface area contributed by atoms with Crippen molar-refractivity contribution in [3.8, 4) is 0 Å². The summed E-state index contributed by atoms with van der Waals surface area (Å²) in [6.07, 6.45) is 6.07. The van der Waals surface area contributed by atoms with Gasteiger partial charge in [0.2, 0.25) is 10.0 Å². The van der Waals surface area contributed by atoms with Crippen LogP contribution in [-0.2, 0) is 16.6 Å². The molecule has 2 atom stereocenters. The molecule has 4 nitrogen and oxygen atoms in total. The van der Waals surface area contributed by atoms with Gasteiger partial charge in [0.1, 0.15) is 0 Å². The van der Waals surface area contributed by atoms with Gasteiger partial charge in [-0.25, -0.2) is 8.42 Å². The van der Waals surface area contributed by atoms with Gasteiger partial charge < -0.3 is 5.73 Å². The first-order chi connectivity index (χ1) is 10.0. The van der Waals surface area contributed by atoms with Gasteiger partial charge in [-0.2, -0.15) is 4.31 Å². The quantitative estimate of drug-likeness (QED) is 0.928. The molecule has 1 aliphatic heterocycles. The van der Waals surface area contributed by atoms with E-state index in [-0.39, 0.29) is 0 Å². The Labute approximate surface area is 131 Å². The van der Waals surface area contributed by atoms with E-state index in [4.69, 9.17) is 5.73 Å². The number of piperidine rings is 1. The largest absolute Gasteiger partial charge is 0.326 e. The number of aryl methyl sites for hydroxylation is 1. The molecule has 6 heteroatoms. The average molecular weight is 329 g/mol. The summed E-state index contributed by atoms with van der Waals surface area (Å²) in [6, 6.07) is 1.77. The summed E-state index contributed by atoms with van der Waals surface area (Å²) in [5.41, 5.74) is 5.64. The molecule has 2 N–H and O–H groups in total. The zero-order valence-corrected chi connectivity index (χ0v) is 14.2. The van der Waals surface area contributed by atoms with E-state index in [1.807, 2.05) is 6.92 Å². The van der Waals surface area contributed by atoms with E-state index in [2.05, 4.69) is 0 Å². The van der Waals surface area contributed by atoms with Crippen LogP contribution in [0.25, 0.3) is 0 Å². The van der Waals surface area contributed by atoms with Gasteiger partial charge >= 0.3 is 0 Å². The molecule has 1 saturated heterocycles. The van der Waals surface area contributed by atoms with Gasteiger partial charge in [0.05, 0.1) is 4.90 Å². The van der Waals surface area contributed by atoms with E-state index < -0.39 is 10.0 Å². The topological polar surface area (TPSA) is 63.4 Å². The maximum absolute atomic E-state index is 12.9. The number of thiophene rings is 1. The molecule has 0 bridgehead atoms. The van der Waals surface area contributed by atoms with Crippen LogP contribution in [0.4, 0.5) is 0 Å². The molecule has 0 aromatic carbocycles. The fourth-order valence-corrected chi connectivity index (χ4v) is 6.80. The van der Waals surface area contributed by atoms with Crippen molar-refractivity contribution in [3.05, 3.63) is 15.8 Å². The molecule has 1 aromatic heterocycles. The van der Waals surface area contributed by atoms with Crippen LogP contribution < -0.4 is 5.73 Å². The maximum atomic E-state index is 12.9. The number of nitrogens with two attached hydrogens (primary N) is 1. The first-order valence-electron chi connectivity index (χ1n) is 7.82. The summed E-state index contributed by atoms with van der Waals surface area (Å²) in [6.45, 7) is 3.67. The first kappa shape index (κ1) is 15.5. The second-order valence-electron chi connectivity index (χ2n) is 6.29. The van der Waals surface area contributed by atoms with Gasteiger partial charge in [0.25, 0.3) is 0 Å². The Bertz CT molecular complexity index is 609. The highest BCUT2D eigenvalue weighted by atomic mass is 32.2. The van der Waals surface area contributed by atoms with Crippen LogP contribution in [0.1, 0.15) is 41.9 Å². The van der Waals surface area contributed by atoms with E-state index >= 15 is 0 Å². The summed E-state index contributed by atoms with van der Waals surface area (Å²) in [4.78, 5) is 2.28. The van der Waals surface area contributed by atoms with Gasteiger partial charge in [-0.15, -0.1) is 11.3 Å². The number of hydrogen-bond donors (Lipinski definition) is 1. The highest BCUT2D eigenvalue weighted by Gasteiger charge is 2.37. The molecule has 2 aliphatic rings. The van der Waals surface area contributed by atoms with E-state index in [0.29, 0.717) is 30.4 Å². The highest BCUT2D eigenvalue weighted by Crippen LogP contribution is 2.38. The zero-order valence-electron chi connectivity index (χ0n) is 12.5. The third kappa shape index (κ3) is 2.91. The second kappa shape index (κ2) is 5.99.